The van der Waals surface area contributed by atoms with Crippen LogP contribution in [-0.2, 0) is 57.5 Å². The van der Waals surface area contributed by atoms with Crippen molar-refractivity contribution in [1.82, 2.24) is 55.6 Å². The first kappa shape index (κ1) is 80.8. The van der Waals surface area contributed by atoms with Crippen molar-refractivity contribution in [2.75, 3.05) is 69.0 Å². The zero-order chi connectivity index (χ0) is 68.8. The standard InChI is InChI=1S/C64H116N12O13/c1-24-26-29-41(13)54(78)53-58(82)68-45(25-2)60(84)70(17)35-49(77)74(21)52(44(16)89-31-28-27-30-65)57(81)69-50(39(9)10)63(87)71(18)46(32-36(3)4)56(80)66-42(14)55(79)67-43(15)59(83)72(19)47(33-37(5)6)61(85)73(20)48(34-38(7)8)62(86)75(22)51(40(11)12)64(88)76(53)23/h24,26,36-48,50-54,78H,25,27-35,65H2,1-23H3,(H,66,80)(H,67,79)(H,68,82)(H,69,81)/b26-24+/t41-,42+,43+,44-,45+,46-,47+,48-,50+,51+,52+,53+,54-/m1/s1. The van der Waals surface area contributed by atoms with Crippen LogP contribution in [0.1, 0.15) is 156 Å². The third-order valence-electron chi connectivity index (χ3n) is 16.7. The Morgan fingerprint density at radius 1 is 0.528 bits per heavy atom. The third-order valence-corrected chi connectivity index (χ3v) is 16.7. The molecule has 1 aliphatic heterocycles. The van der Waals surface area contributed by atoms with Crippen molar-refractivity contribution in [1.29, 1.82) is 0 Å². The summed E-state index contributed by atoms with van der Waals surface area (Å²) >= 11 is 0. The number of carbonyl (C=O) groups is 11. The van der Waals surface area contributed by atoms with E-state index in [4.69, 9.17) is 10.5 Å². The molecular formula is C64H116N12O13. The predicted octanol–water partition coefficient (Wildman–Crippen LogP) is 2.37. The molecule has 25 heteroatoms. The van der Waals surface area contributed by atoms with E-state index in [9.17, 15) is 48.3 Å². The number of carbonyl (C=O) groups excluding carboxylic acids is 11. The van der Waals surface area contributed by atoms with Gasteiger partial charge in [-0.3, -0.25) is 52.7 Å². The molecular weight excluding hydrogens is 1140 g/mol. The van der Waals surface area contributed by atoms with Crippen LogP contribution in [0, 0.1) is 35.5 Å². The quantitative estimate of drug-likeness (QED) is 0.0800. The van der Waals surface area contributed by atoms with Gasteiger partial charge in [-0.05, 0) is 115 Å². The number of nitrogens with one attached hydrogen (secondary N) is 4. The summed E-state index contributed by atoms with van der Waals surface area (Å²) in [6, 6.07) is -12.8. The number of likely N-dealkylation sites (N-methyl/N-ethyl adjacent to an activating group) is 7. The first-order valence-electron chi connectivity index (χ1n) is 31.9. The summed E-state index contributed by atoms with van der Waals surface area (Å²) in [7, 11) is 9.79. The topological polar surface area (TPSA) is 314 Å². The fourth-order valence-electron chi connectivity index (χ4n) is 11.1. The molecule has 13 atom stereocenters. The SMILES string of the molecule is C/C=C/C[C@@H](C)[C@@H](O)[C@H]1C(=O)N[C@@H](CC)C(=O)N(C)CC(=O)N(C)[C@@H]([C@@H](C)OCCCCN)C(=O)N[C@@H](C(C)C)C(=O)N(C)[C@H](CC(C)C)C(=O)N[C@@H](C)C(=O)N[C@@H](C)C(=O)N(C)[C@@H](CC(C)C)C(=O)N(C)[C@H](CC(C)C)C(=O)N(C)[C@@H](C(C)C)C(=O)N1C. The average molecular weight is 1260 g/mol. The third kappa shape index (κ3) is 23.2. The number of aliphatic hydroxyl groups excluding tert-OH is 1. The number of nitrogens with two attached hydrogens (primary N) is 1. The van der Waals surface area contributed by atoms with Crippen molar-refractivity contribution in [3.05, 3.63) is 12.2 Å². The van der Waals surface area contributed by atoms with Crippen LogP contribution in [0.25, 0.3) is 0 Å². The lowest BCUT2D eigenvalue weighted by Gasteiger charge is -2.41. The van der Waals surface area contributed by atoms with Crippen LogP contribution in [-0.4, -0.2) is 246 Å². The number of aliphatic hydroxyl groups is 1. The van der Waals surface area contributed by atoms with E-state index in [1.54, 1.807) is 67.5 Å². The molecule has 0 radical (unpaired) electrons. The molecule has 0 aromatic carbocycles. The number of rotatable bonds is 19. The molecule has 0 unspecified atom stereocenters. The Labute approximate surface area is 532 Å². The molecule has 1 aliphatic rings. The molecule has 89 heavy (non-hydrogen) atoms. The minimum absolute atomic E-state index is 0.00458. The second kappa shape index (κ2) is 37.8. The number of nitrogens with zero attached hydrogens (tertiary/aromatic N) is 7. The van der Waals surface area contributed by atoms with E-state index >= 15 is 9.59 Å². The number of unbranched alkanes of at least 4 members (excludes halogenated alkanes) is 1. The number of allylic oxidation sites excluding steroid dienone is 2. The fraction of sp³-hybridized carbons (Fsp3) is 0.797. The van der Waals surface area contributed by atoms with E-state index in [2.05, 4.69) is 21.3 Å². The molecule has 1 rings (SSSR count). The van der Waals surface area contributed by atoms with Crippen LogP contribution in [0.3, 0.4) is 0 Å². The maximum atomic E-state index is 15.2. The fourth-order valence-corrected chi connectivity index (χ4v) is 11.1. The zero-order valence-corrected chi connectivity index (χ0v) is 58.2. The molecule has 0 aromatic rings. The lowest BCUT2D eigenvalue weighted by Crippen LogP contribution is -2.63. The number of hydrogen-bond acceptors (Lipinski definition) is 14. The zero-order valence-electron chi connectivity index (χ0n) is 58.2. The predicted molar refractivity (Wildman–Crippen MR) is 343 cm³/mol. The lowest BCUT2D eigenvalue weighted by molar-refractivity contribution is -0.157. The summed E-state index contributed by atoms with van der Waals surface area (Å²) in [6.45, 7) is 27.5. The lowest BCUT2D eigenvalue weighted by atomic mass is 9.91. The van der Waals surface area contributed by atoms with Gasteiger partial charge in [0.25, 0.3) is 0 Å². The van der Waals surface area contributed by atoms with E-state index < -0.39 is 162 Å². The van der Waals surface area contributed by atoms with Gasteiger partial charge in [0, 0.05) is 55.9 Å². The Hall–Kier alpha value is -6.21. The van der Waals surface area contributed by atoms with Gasteiger partial charge < -0.3 is 71.1 Å². The summed E-state index contributed by atoms with van der Waals surface area (Å²) in [5, 5.41) is 23.1. The maximum Gasteiger partial charge on any atom is 0.246 e. The summed E-state index contributed by atoms with van der Waals surface area (Å²) in [4.78, 5) is 170. The van der Waals surface area contributed by atoms with Gasteiger partial charge >= 0.3 is 0 Å². The molecule has 0 aliphatic carbocycles. The molecule has 1 fully saturated rings. The molecule has 25 nitrogen and oxygen atoms in total. The van der Waals surface area contributed by atoms with Gasteiger partial charge in [0.1, 0.15) is 60.4 Å². The molecule has 0 saturated carbocycles. The van der Waals surface area contributed by atoms with Crippen molar-refractivity contribution in [2.24, 2.45) is 41.2 Å². The average Bonchev–Trinajstić information content (AvgIpc) is 0.987. The second-order valence-corrected chi connectivity index (χ2v) is 26.5. The molecule has 510 valence electrons. The van der Waals surface area contributed by atoms with Gasteiger partial charge in [0.05, 0.1) is 18.8 Å². The van der Waals surface area contributed by atoms with Crippen LogP contribution >= 0.6 is 0 Å². The van der Waals surface area contributed by atoms with E-state index in [1.807, 2.05) is 41.5 Å². The highest BCUT2D eigenvalue weighted by Crippen LogP contribution is 2.26. The molecule has 0 bridgehead atoms. The molecule has 0 aromatic heterocycles. The largest absolute Gasteiger partial charge is 0.390 e. The second-order valence-electron chi connectivity index (χ2n) is 26.5. The van der Waals surface area contributed by atoms with Gasteiger partial charge in [0.2, 0.25) is 65.0 Å². The van der Waals surface area contributed by atoms with Crippen LogP contribution in [0.15, 0.2) is 12.2 Å². The van der Waals surface area contributed by atoms with E-state index in [1.165, 1.54) is 82.8 Å². The summed E-state index contributed by atoms with van der Waals surface area (Å²) in [5.41, 5.74) is 5.74. The number of ether oxygens (including phenoxy) is 1. The van der Waals surface area contributed by atoms with Crippen LogP contribution in [0.4, 0.5) is 0 Å². The van der Waals surface area contributed by atoms with Crippen LogP contribution in [0.5, 0.6) is 0 Å². The molecule has 1 saturated heterocycles. The van der Waals surface area contributed by atoms with Crippen molar-refractivity contribution in [2.45, 2.75) is 228 Å². The van der Waals surface area contributed by atoms with Crippen molar-refractivity contribution in [3.63, 3.8) is 0 Å². The van der Waals surface area contributed by atoms with E-state index in [0.717, 1.165) is 14.7 Å². The first-order chi connectivity index (χ1) is 41.3. The highest BCUT2D eigenvalue weighted by Gasteiger charge is 2.46. The molecule has 0 spiro atoms. The highest BCUT2D eigenvalue weighted by atomic mass is 16.5. The van der Waals surface area contributed by atoms with Gasteiger partial charge in [-0.2, -0.15) is 0 Å². The van der Waals surface area contributed by atoms with Gasteiger partial charge in [-0.15, -0.1) is 0 Å². The molecule has 11 amide bonds. The smallest absolute Gasteiger partial charge is 0.246 e. The van der Waals surface area contributed by atoms with Crippen molar-refractivity contribution < 1.29 is 62.6 Å². The van der Waals surface area contributed by atoms with Crippen molar-refractivity contribution in [3.8, 4) is 0 Å². The minimum atomic E-state index is -1.63. The van der Waals surface area contributed by atoms with E-state index in [0.29, 0.717) is 25.8 Å². The maximum absolute atomic E-state index is 15.2. The van der Waals surface area contributed by atoms with Crippen molar-refractivity contribution >= 4 is 65.0 Å². The summed E-state index contributed by atoms with van der Waals surface area (Å²) < 4.78 is 6.12. The Morgan fingerprint density at radius 3 is 1.48 bits per heavy atom. The highest BCUT2D eigenvalue weighted by molar-refractivity contribution is 5.99. The Kier molecular flexibility index (Phi) is 34.3. The van der Waals surface area contributed by atoms with Gasteiger partial charge in [-0.1, -0.05) is 95.2 Å². The van der Waals surface area contributed by atoms with Gasteiger partial charge in [-0.25, -0.2) is 0 Å². The monoisotopic (exact) mass is 1260 g/mol. The van der Waals surface area contributed by atoms with E-state index in [-0.39, 0.29) is 50.0 Å². The molecule has 1 heterocycles. The van der Waals surface area contributed by atoms with Crippen LogP contribution < -0.4 is 27.0 Å². The van der Waals surface area contributed by atoms with Gasteiger partial charge in [0.15, 0.2) is 0 Å². The Balaban J connectivity index is 4.38. The first-order valence-corrected chi connectivity index (χ1v) is 31.9. The Morgan fingerprint density at radius 2 is 1.00 bits per heavy atom. The summed E-state index contributed by atoms with van der Waals surface area (Å²) in [6.07, 6.45) is 2.93. The number of hydrogen-bond donors (Lipinski definition) is 6. The molecule has 7 N–H and O–H groups in total. The normalized spacial score (nSPS) is 26.5. The minimum Gasteiger partial charge on any atom is -0.390 e. The Bertz CT molecular complexity index is 2400. The van der Waals surface area contributed by atoms with Crippen LogP contribution in [0.2, 0.25) is 0 Å². The number of amides is 11. The summed E-state index contributed by atoms with van der Waals surface area (Å²) in [5.74, 6) is -10.1.